The summed E-state index contributed by atoms with van der Waals surface area (Å²) in [5.41, 5.74) is 4.07. The molecule has 27 heavy (non-hydrogen) atoms. The minimum Gasteiger partial charge on any atom is -0.457 e. The number of hydrogen-bond donors (Lipinski definition) is 3. The topological polar surface area (TPSA) is 102 Å². The van der Waals surface area contributed by atoms with E-state index in [1.807, 2.05) is 0 Å². The zero-order chi connectivity index (χ0) is 20.2. The third kappa shape index (κ3) is 5.17. The maximum absolute atomic E-state index is 13.3. The molecule has 12 heteroatoms. The van der Waals surface area contributed by atoms with Gasteiger partial charge < -0.3 is 15.8 Å². The molecule has 1 heterocycles. The first-order valence-corrected chi connectivity index (χ1v) is 7.31. The number of hydrogen-bond acceptors (Lipinski definition) is 7. The molecule has 0 aliphatic rings. The summed E-state index contributed by atoms with van der Waals surface area (Å²) in [5, 5.41) is 3.27. The number of ether oxygens (including phenoxy) is 1. The number of rotatable bonds is 6. The lowest BCUT2D eigenvalue weighted by Gasteiger charge is -2.17. The summed E-state index contributed by atoms with van der Waals surface area (Å²) >= 11 is 0. The Morgan fingerprint density at radius 1 is 1.30 bits per heavy atom. The Morgan fingerprint density at radius 3 is 2.63 bits per heavy atom. The fourth-order valence-corrected chi connectivity index (χ4v) is 1.93. The normalized spacial score (nSPS) is 12.0. The molecule has 2 rings (SSSR count). The molecule has 0 aliphatic heterocycles. The van der Waals surface area contributed by atoms with E-state index in [4.69, 9.17) is 16.3 Å². The van der Waals surface area contributed by atoms with Gasteiger partial charge in [-0.3, -0.25) is 5.01 Å². The highest BCUT2D eigenvalue weighted by Crippen LogP contribution is 2.33. The van der Waals surface area contributed by atoms with Crippen molar-refractivity contribution >= 4 is 11.5 Å². The van der Waals surface area contributed by atoms with Crippen LogP contribution in [0.3, 0.4) is 0 Å². The van der Waals surface area contributed by atoms with Crippen LogP contribution in [0.5, 0.6) is 6.01 Å². The smallest absolute Gasteiger partial charge is 0.419 e. The van der Waals surface area contributed by atoms with E-state index in [1.165, 1.54) is 7.05 Å². The molecular weight excluding hydrogens is 375 g/mol. The lowest BCUT2D eigenvalue weighted by atomic mass is 10.2. The molecule has 2 aromatic rings. The van der Waals surface area contributed by atoms with Gasteiger partial charge in [0.1, 0.15) is 12.4 Å². The molecule has 0 unspecified atom stereocenters. The van der Waals surface area contributed by atoms with Crippen LogP contribution in [-0.2, 0) is 6.18 Å². The molecule has 0 spiro atoms. The van der Waals surface area contributed by atoms with Crippen molar-refractivity contribution in [3.05, 3.63) is 53.5 Å². The first kappa shape index (κ1) is 20.2. The molecule has 0 saturated carbocycles. The summed E-state index contributed by atoms with van der Waals surface area (Å²) in [4.78, 5) is 7.34. The second-order valence-corrected chi connectivity index (χ2v) is 5.16. The van der Waals surface area contributed by atoms with Crippen LogP contribution in [0.4, 0.5) is 33.5 Å². The van der Waals surface area contributed by atoms with E-state index in [0.717, 1.165) is 23.5 Å². The van der Waals surface area contributed by atoms with E-state index in [9.17, 15) is 22.0 Å². The van der Waals surface area contributed by atoms with Gasteiger partial charge in [0.2, 0.25) is 0 Å². The van der Waals surface area contributed by atoms with Crippen molar-refractivity contribution in [2.75, 3.05) is 24.0 Å². The van der Waals surface area contributed by atoms with Crippen LogP contribution in [0, 0.1) is 11.6 Å². The molecule has 5 N–H and O–H groups in total. The first-order valence-electron chi connectivity index (χ1n) is 7.31. The summed E-state index contributed by atoms with van der Waals surface area (Å²) in [6, 6.07) is 2.06. The average molecular weight is 390 g/mol. The van der Waals surface area contributed by atoms with Gasteiger partial charge in [0.05, 0.1) is 23.1 Å². The standard InChI is InChI=1S/C15H15F5N6O/c1-23-13-12(17)5-24-14(25-13)27-7-8(21)6-26(22)9-2-3-11(16)10(4-9)15(18,19)20/h2-6H,7,21-22H2,1H3,(H,23,24,25)/b8-6-. The second kappa shape index (κ2) is 8.03. The molecule has 0 amide bonds. The third-order valence-corrected chi connectivity index (χ3v) is 3.19. The van der Waals surface area contributed by atoms with Crippen LogP contribution >= 0.6 is 0 Å². The van der Waals surface area contributed by atoms with Crippen LogP contribution in [0.25, 0.3) is 0 Å². The Labute approximate surface area is 150 Å². The molecule has 0 atom stereocenters. The molecule has 146 valence electrons. The molecule has 0 saturated heterocycles. The third-order valence-electron chi connectivity index (χ3n) is 3.19. The highest BCUT2D eigenvalue weighted by atomic mass is 19.4. The molecule has 7 nitrogen and oxygen atoms in total. The number of halogens is 5. The van der Waals surface area contributed by atoms with Gasteiger partial charge in [-0.15, -0.1) is 0 Å². The summed E-state index contributed by atoms with van der Waals surface area (Å²) in [7, 11) is 1.45. The lowest BCUT2D eigenvalue weighted by molar-refractivity contribution is -0.139. The SMILES string of the molecule is CNc1nc(OC/C(N)=C/N(N)c2ccc(F)c(C(F)(F)F)c2)ncc1F. The van der Waals surface area contributed by atoms with Crippen LogP contribution in [0.15, 0.2) is 36.3 Å². The quantitative estimate of drug-likeness (QED) is 0.395. The number of nitrogens with zero attached hydrogens (tertiary/aromatic N) is 3. The fraction of sp³-hybridized carbons (Fsp3) is 0.200. The number of benzene rings is 1. The van der Waals surface area contributed by atoms with Gasteiger partial charge in [-0.05, 0) is 18.2 Å². The van der Waals surface area contributed by atoms with E-state index in [2.05, 4.69) is 15.3 Å². The van der Waals surface area contributed by atoms with Gasteiger partial charge in [-0.1, -0.05) is 0 Å². The number of aromatic nitrogens is 2. The fourth-order valence-electron chi connectivity index (χ4n) is 1.93. The van der Waals surface area contributed by atoms with Gasteiger partial charge in [-0.25, -0.2) is 19.6 Å². The van der Waals surface area contributed by atoms with E-state index < -0.39 is 23.4 Å². The van der Waals surface area contributed by atoms with Crippen molar-refractivity contribution in [3.8, 4) is 6.01 Å². The number of nitrogens with one attached hydrogen (secondary N) is 1. The molecule has 0 radical (unpaired) electrons. The van der Waals surface area contributed by atoms with Crippen LogP contribution < -0.4 is 26.6 Å². The highest BCUT2D eigenvalue weighted by molar-refractivity contribution is 5.51. The number of alkyl halides is 3. The van der Waals surface area contributed by atoms with E-state index in [0.29, 0.717) is 12.1 Å². The number of hydrazine groups is 1. The Kier molecular flexibility index (Phi) is 6.00. The van der Waals surface area contributed by atoms with Crippen LogP contribution in [0.1, 0.15) is 5.56 Å². The maximum Gasteiger partial charge on any atom is 0.419 e. The van der Waals surface area contributed by atoms with Gasteiger partial charge in [0.15, 0.2) is 11.6 Å². The first-order chi connectivity index (χ1) is 12.6. The second-order valence-electron chi connectivity index (χ2n) is 5.16. The van der Waals surface area contributed by atoms with Crippen molar-refractivity contribution < 1.29 is 26.7 Å². The Morgan fingerprint density at radius 2 is 2.00 bits per heavy atom. The predicted molar refractivity (Wildman–Crippen MR) is 87.4 cm³/mol. The highest BCUT2D eigenvalue weighted by Gasteiger charge is 2.34. The van der Waals surface area contributed by atoms with E-state index in [1.54, 1.807) is 0 Å². The summed E-state index contributed by atoms with van der Waals surface area (Å²) in [5.74, 6) is 3.44. The number of nitrogens with two attached hydrogens (primary N) is 2. The molecule has 0 fully saturated rings. The summed E-state index contributed by atoms with van der Waals surface area (Å²) in [6.45, 7) is -0.282. The maximum atomic E-state index is 13.3. The lowest BCUT2D eigenvalue weighted by Crippen LogP contribution is -2.27. The van der Waals surface area contributed by atoms with Crippen LogP contribution in [0.2, 0.25) is 0 Å². The molecule has 1 aromatic heterocycles. The van der Waals surface area contributed by atoms with E-state index >= 15 is 0 Å². The van der Waals surface area contributed by atoms with Gasteiger partial charge >= 0.3 is 12.2 Å². The Balaban J connectivity index is 2.09. The summed E-state index contributed by atoms with van der Waals surface area (Å²) in [6.07, 6.45) is -2.90. The predicted octanol–water partition coefficient (Wildman–Crippen LogP) is 2.37. The zero-order valence-corrected chi connectivity index (χ0v) is 13.9. The zero-order valence-electron chi connectivity index (χ0n) is 13.9. The van der Waals surface area contributed by atoms with Crippen LogP contribution in [-0.4, -0.2) is 23.6 Å². The minimum atomic E-state index is -4.87. The molecule has 1 aromatic carbocycles. The van der Waals surface area contributed by atoms with Crippen molar-refractivity contribution in [1.82, 2.24) is 9.97 Å². The molecule has 0 bridgehead atoms. The van der Waals surface area contributed by atoms with Crippen molar-refractivity contribution in [1.29, 1.82) is 0 Å². The monoisotopic (exact) mass is 390 g/mol. The Hall–Kier alpha value is -3.15. The minimum absolute atomic E-state index is 0.00526. The molecule has 0 aliphatic carbocycles. The van der Waals surface area contributed by atoms with Gasteiger partial charge in [-0.2, -0.15) is 18.2 Å². The summed E-state index contributed by atoms with van der Waals surface area (Å²) < 4.78 is 70.0. The van der Waals surface area contributed by atoms with Gasteiger partial charge in [0.25, 0.3) is 0 Å². The van der Waals surface area contributed by atoms with Gasteiger partial charge in [0, 0.05) is 13.2 Å². The Bertz CT molecular complexity index is 842. The van der Waals surface area contributed by atoms with Crippen molar-refractivity contribution in [2.24, 2.45) is 11.6 Å². The molecular formula is C15H15F5N6O. The van der Waals surface area contributed by atoms with E-state index in [-0.39, 0.29) is 29.8 Å². The number of anilines is 2. The van der Waals surface area contributed by atoms with Crippen molar-refractivity contribution in [2.45, 2.75) is 6.18 Å². The average Bonchev–Trinajstić information content (AvgIpc) is 2.60. The largest absolute Gasteiger partial charge is 0.457 e. The van der Waals surface area contributed by atoms with Crippen molar-refractivity contribution in [3.63, 3.8) is 0 Å².